The van der Waals surface area contributed by atoms with Gasteiger partial charge in [-0.2, -0.15) is 13.2 Å². The molecule has 0 bridgehead atoms. The molecule has 0 unspecified atom stereocenters. The van der Waals surface area contributed by atoms with Gasteiger partial charge < -0.3 is 15.6 Å². The number of carbonyl (C=O) groups excluding carboxylic acids is 1. The first kappa shape index (κ1) is 22.1. The van der Waals surface area contributed by atoms with Gasteiger partial charge in [0.25, 0.3) is 11.5 Å². The third-order valence-corrected chi connectivity index (χ3v) is 5.37. The van der Waals surface area contributed by atoms with Crippen LogP contribution in [0.1, 0.15) is 21.5 Å². The van der Waals surface area contributed by atoms with E-state index in [1.165, 1.54) is 16.7 Å². The fourth-order valence-electron chi connectivity index (χ4n) is 3.60. The molecule has 3 N–H and O–H groups in total. The first-order valence-electron chi connectivity index (χ1n) is 9.89. The summed E-state index contributed by atoms with van der Waals surface area (Å²) >= 11 is 0. The first-order valence-corrected chi connectivity index (χ1v) is 9.89. The molecular formula is C24H19F3N4O2. The van der Waals surface area contributed by atoms with E-state index < -0.39 is 17.6 Å². The molecule has 0 saturated carbocycles. The fourth-order valence-corrected chi connectivity index (χ4v) is 3.60. The smallest absolute Gasteiger partial charge is 0.384 e. The van der Waals surface area contributed by atoms with Crippen LogP contribution < -0.4 is 16.6 Å². The summed E-state index contributed by atoms with van der Waals surface area (Å²) in [5.74, 6) is -0.400. The predicted octanol–water partition coefficient (Wildman–Crippen LogP) is 4.76. The van der Waals surface area contributed by atoms with Gasteiger partial charge in [0.15, 0.2) is 0 Å². The third kappa shape index (κ3) is 4.30. The number of nitrogens with two attached hydrogens (primary N) is 1. The second-order valence-electron chi connectivity index (χ2n) is 7.65. The van der Waals surface area contributed by atoms with Crippen molar-refractivity contribution in [2.24, 2.45) is 7.05 Å². The zero-order chi connectivity index (χ0) is 23.9. The molecule has 2 aromatic carbocycles. The molecule has 9 heteroatoms. The summed E-state index contributed by atoms with van der Waals surface area (Å²) in [4.78, 5) is 29.7. The normalized spacial score (nSPS) is 11.5. The molecule has 4 rings (SSSR count). The zero-order valence-corrected chi connectivity index (χ0v) is 17.7. The molecule has 0 aliphatic heterocycles. The highest BCUT2D eigenvalue weighted by molar-refractivity contribution is 6.04. The minimum atomic E-state index is -4.55. The Morgan fingerprint density at radius 1 is 1.06 bits per heavy atom. The predicted molar refractivity (Wildman–Crippen MR) is 121 cm³/mol. The quantitative estimate of drug-likeness (QED) is 0.469. The molecule has 0 aliphatic carbocycles. The summed E-state index contributed by atoms with van der Waals surface area (Å²) < 4.78 is 40.4. The van der Waals surface area contributed by atoms with Crippen molar-refractivity contribution in [2.45, 2.75) is 13.1 Å². The molecule has 0 saturated heterocycles. The molecule has 0 spiro atoms. The molecule has 2 heterocycles. The number of hydrogen-bond acceptors (Lipinski definition) is 4. The maximum atomic E-state index is 13.0. The minimum Gasteiger partial charge on any atom is -0.384 e. The second-order valence-corrected chi connectivity index (χ2v) is 7.65. The van der Waals surface area contributed by atoms with Gasteiger partial charge >= 0.3 is 6.18 Å². The average Bonchev–Trinajstić information content (AvgIpc) is 2.77. The zero-order valence-electron chi connectivity index (χ0n) is 17.7. The van der Waals surface area contributed by atoms with Gasteiger partial charge in [0.1, 0.15) is 5.82 Å². The van der Waals surface area contributed by atoms with Gasteiger partial charge in [0.2, 0.25) is 0 Å². The van der Waals surface area contributed by atoms with Gasteiger partial charge in [-0.15, -0.1) is 0 Å². The highest BCUT2D eigenvalue weighted by Crippen LogP contribution is 2.30. The minimum absolute atomic E-state index is 0.128. The van der Waals surface area contributed by atoms with Crippen molar-refractivity contribution in [1.82, 2.24) is 9.55 Å². The van der Waals surface area contributed by atoms with Crippen LogP contribution in [0.25, 0.3) is 22.0 Å². The summed E-state index contributed by atoms with van der Waals surface area (Å²) in [5.41, 5.74) is 7.16. The molecule has 2 aromatic heterocycles. The summed E-state index contributed by atoms with van der Waals surface area (Å²) in [6, 6.07) is 12.5. The van der Waals surface area contributed by atoms with E-state index in [0.717, 1.165) is 17.7 Å². The fraction of sp³-hybridized carbons (Fsp3) is 0.125. The Bertz CT molecular complexity index is 1460. The molecule has 4 aromatic rings. The molecule has 33 heavy (non-hydrogen) atoms. The van der Waals surface area contributed by atoms with Crippen LogP contribution in [0.3, 0.4) is 0 Å². The lowest BCUT2D eigenvalue weighted by Crippen LogP contribution is -2.19. The monoisotopic (exact) mass is 452 g/mol. The van der Waals surface area contributed by atoms with E-state index in [-0.39, 0.29) is 11.1 Å². The Hall–Kier alpha value is -4.14. The number of rotatable bonds is 3. The number of nitrogen functional groups attached to an aromatic ring is 1. The van der Waals surface area contributed by atoms with Gasteiger partial charge in [0.05, 0.1) is 11.1 Å². The van der Waals surface area contributed by atoms with Gasteiger partial charge in [-0.3, -0.25) is 9.59 Å². The number of amides is 1. The molecule has 6 nitrogen and oxygen atoms in total. The number of fused-ring (bicyclic) bond motifs is 1. The Labute approximate surface area is 186 Å². The number of hydrogen-bond donors (Lipinski definition) is 2. The highest BCUT2D eigenvalue weighted by atomic mass is 19.4. The maximum Gasteiger partial charge on any atom is 0.416 e. The van der Waals surface area contributed by atoms with Crippen molar-refractivity contribution < 1.29 is 18.0 Å². The molecular weight excluding hydrogens is 433 g/mol. The topological polar surface area (TPSA) is 90.0 Å². The standard InChI is InChI=1S/C24H19F3N4O2/c1-13-6-7-17(30-22(32)14-4-3-5-16(8-14)24(25,26)27)10-18(13)19-9-15-12-29-21(28)11-20(15)31(2)23(19)33/h3-12H,1-2H3,(H2,28,29)(H,30,32). The van der Waals surface area contributed by atoms with Crippen molar-refractivity contribution in [1.29, 1.82) is 0 Å². The Morgan fingerprint density at radius 2 is 1.82 bits per heavy atom. The largest absolute Gasteiger partial charge is 0.416 e. The average molecular weight is 452 g/mol. The van der Waals surface area contributed by atoms with Gasteiger partial charge in [0, 0.05) is 41.5 Å². The highest BCUT2D eigenvalue weighted by Gasteiger charge is 2.30. The van der Waals surface area contributed by atoms with Crippen LogP contribution in [0.2, 0.25) is 0 Å². The molecule has 0 radical (unpaired) electrons. The summed E-state index contributed by atoms with van der Waals surface area (Å²) in [6.07, 6.45) is -2.98. The number of alkyl halides is 3. The van der Waals surface area contributed by atoms with Crippen LogP contribution in [-0.2, 0) is 13.2 Å². The van der Waals surface area contributed by atoms with E-state index in [0.29, 0.717) is 33.5 Å². The van der Waals surface area contributed by atoms with E-state index in [1.807, 2.05) is 6.92 Å². The van der Waals surface area contributed by atoms with E-state index in [2.05, 4.69) is 10.3 Å². The summed E-state index contributed by atoms with van der Waals surface area (Å²) in [7, 11) is 1.63. The van der Waals surface area contributed by atoms with Crippen LogP contribution in [0, 0.1) is 6.92 Å². The number of pyridine rings is 2. The number of carbonyl (C=O) groups is 1. The van der Waals surface area contributed by atoms with Crippen LogP contribution >= 0.6 is 0 Å². The van der Waals surface area contributed by atoms with Crippen molar-refractivity contribution in [3.8, 4) is 11.1 Å². The van der Waals surface area contributed by atoms with Gasteiger partial charge in [-0.05, 0) is 54.4 Å². The van der Waals surface area contributed by atoms with Crippen LogP contribution in [0.15, 0.2) is 65.6 Å². The second kappa shape index (κ2) is 8.09. The number of anilines is 2. The number of nitrogens with one attached hydrogen (secondary N) is 1. The summed E-state index contributed by atoms with van der Waals surface area (Å²) in [6.45, 7) is 1.82. The van der Waals surface area contributed by atoms with E-state index in [4.69, 9.17) is 5.73 Å². The molecule has 0 aliphatic rings. The van der Waals surface area contributed by atoms with Gasteiger partial charge in [-0.1, -0.05) is 12.1 Å². The number of nitrogens with zero attached hydrogens (tertiary/aromatic N) is 2. The Balaban J connectivity index is 1.73. The lowest BCUT2D eigenvalue weighted by atomic mass is 9.99. The van der Waals surface area contributed by atoms with E-state index in [1.54, 1.807) is 43.6 Å². The lowest BCUT2D eigenvalue weighted by Gasteiger charge is -2.13. The Kier molecular flexibility index (Phi) is 5.41. The van der Waals surface area contributed by atoms with Crippen molar-refractivity contribution in [3.05, 3.63) is 87.8 Å². The lowest BCUT2D eigenvalue weighted by molar-refractivity contribution is -0.137. The molecule has 1 amide bonds. The molecule has 168 valence electrons. The number of benzene rings is 2. The summed E-state index contributed by atoms with van der Waals surface area (Å²) in [5, 5.41) is 3.32. The molecule has 0 atom stereocenters. The number of halogens is 3. The van der Waals surface area contributed by atoms with E-state index in [9.17, 15) is 22.8 Å². The number of aromatic nitrogens is 2. The SMILES string of the molecule is Cc1ccc(NC(=O)c2cccc(C(F)(F)F)c2)cc1-c1cc2cnc(N)cc2n(C)c1=O. The van der Waals surface area contributed by atoms with Crippen LogP contribution in [0.5, 0.6) is 0 Å². The van der Waals surface area contributed by atoms with Crippen molar-refractivity contribution in [2.75, 3.05) is 11.1 Å². The first-order chi connectivity index (χ1) is 15.5. The van der Waals surface area contributed by atoms with Crippen molar-refractivity contribution >= 4 is 28.3 Å². The van der Waals surface area contributed by atoms with Crippen LogP contribution in [-0.4, -0.2) is 15.5 Å². The van der Waals surface area contributed by atoms with Crippen LogP contribution in [0.4, 0.5) is 24.7 Å². The van der Waals surface area contributed by atoms with Gasteiger partial charge in [-0.25, -0.2) is 4.98 Å². The Morgan fingerprint density at radius 3 is 2.55 bits per heavy atom. The molecule has 0 fully saturated rings. The third-order valence-electron chi connectivity index (χ3n) is 5.37. The number of aryl methyl sites for hydroxylation is 2. The van der Waals surface area contributed by atoms with Crippen molar-refractivity contribution in [3.63, 3.8) is 0 Å². The maximum absolute atomic E-state index is 13.0. The van der Waals surface area contributed by atoms with E-state index >= 15 is 0 Å².